The first-order valence-electron chi connectivity index (χ1n) is 11.8. The van der Waals surface area contributed by atoms with E-state index < -0.39 is 35.1 Å². The van der Waals surface area contributed by atoms with Gasteiger partial charge < -0.3 is 9.15 Å². The lowest BCUT2D eigenvalue weighted by Crippen LogP contribution is -2.39. The van der Waals surface area contributed by atoms with Crippen molar-refractivity contribution in [2.45, 2.75) is 26.1 Å². The molecule has 5 rings (SSSR count). The molecule has 1 atom stereocenters. The lowest BCUT2D eigenvalue weighted by atomic mass is 9.96. The zero-order valence-electron chi connectivity index (χ0n) is 20.6. The summed E-state index contributed by atoms with van der Waals surface area (Å²) in [7, 11) is 0. The number of alkyl halides is 3. The molecule has 3 heterocycles. The highest BCUT2D eigenvalue weighted by atomic mass is 32.1. The highest BCUT2D eigenvalue weighted by Gasteiger charge is 2.33. The van der Waals surface area contributed by atoms with Gasteiger partial charge in [-0.05, 0) is 55.8 Å². The van der Waals surface area contributed by atoms with E-state index in [0.29, 0.717) is 16.1 Å². The predicted octanol–water partition coefficient (Wildman–Crippen LogP) is 5.22. The number of ether oxygens (including phenoxy) is 1. The molecule has 0 bridgehead atoms. The number of carbonyl (C=O) groups excluding carboxylic acids is 1. The van der Waals surface area contributed by atoms with Gasteiger partial charge in [-0.15, -0.1) is 0 Å². The Labute approximate surface area is 222 Å². The maximum atomic E-state index is 13.7. The Balaban J connectivity index is 1.60. The van der Waals surface area contributed by atoms with Crippen molar-refractivity contribution >= 4 is 23.4 Å². The minimum absolute atomic E-state index is 0.114. The molecule has 0 N–H and O–H groups in total. The Morgan fingerprint density at radius 3 is 2.59 bits per heavy atom. The third kappa shape index (κ3) is 5.09. The van der Waals surface area contributed by atoms with Gasteiger partial charge in [0.05, 0.1) is 34.0 Å². The summed E-state index contributed by atoms with van der Waals surface area (Å²) in [4.78, 5) is 31.3. The highest BCUT2D eigenvalue weighted by molar-refractivity contribution is 7.07. The maximum Gasteiger partial charge on any atom is 0.416 e. The Morgan fingerprint density at radius 2 is 1.90 bits per heavy atom. The number of aromatic nitrogens is 1. The molecule has 6 nitrogen and oxygen atoms in total. The summed E-state index contributed by atoms with van der Waals surface area (Å²) >= 11 is 1.06. The fourth-order valence-electron chi connectivity index (χ4n) is 4.32. The van der Waals surface area contributed by atoms with Crippen LogP contribution in [0.4, 0.5) is 17.6 Å². The average molecular weight is 557 g/mol. The topological polar surface area (TPSA) is 73.8 Å². The van der Waals surface area contributed by atoms with Crippen LogP contribution in [0.5, 0.6) is 0 Å². The molecule has 0 amide bonds. The number of hydrogen-bond acceptors (Lipinski definition) is 6. The summed E-state index contributed by atoms with van der Waals surface area (Å²) in [5.41, 5.74) is -0.0324. The van der Waals surface area contributed by atoms with Gasteiger partial charge in [-0.1, -0.05) is 35.6 Å². The van der Waals surface area contributed by atoms with E-state index in [1.165, 1.54) is 53.1 Å². The number of thiazole rings is 1. The van der Waals surface area contributed by atoms with Gasteiger partial charge in [0.1, 0.15) is 17.3 Å². The molecule has 0 saturated carbocycles. The van der Waals surface area contributed by atoms with Crippen molar-refractivity contribution in [1.29, 1.82) is 0 Å². The summed E-state index contributed by atoms with van der Waals surface area (Å²) < 4.78 is 65.6. The number of nitrogens with zero attached hydrogens (tertiary/aromatic N) is 2. The number of hydrogen-bond donors (Lipinski definition) is 0. The largest absolute Gasteiger partial charge is 0.463 e. The molecule has 200 valence electrons. The van der Waals surface area contributed by atoms with Crippen LogP contribution in [0, 0.1) is 5.82 Å². The summed E-state index contributed by atoms with van der Waals surface area (Å²) in [6.07, 6.45) is -3.03. The van der Waals surface area contributed by atoms with Gasteiger partial charge in [0.15, 0.2) is 4.80 Å². The number of furan rings is 1. The number of esters is 1. The molecule has 11 heteroatoms. The van der Waals surface area contributed by atoms with E-state index in [2.05, 4.69) is 4.99 Å². The first-order chi connectivity index (χ1) is 18.6. The van der Waals surface area contributed by atoms with Gasteiger partial charge in [-0.2, -0.15) is 13.2 Å². The van der Waals surface area contributed by atoms with Crippen LogP contribution in [0.25, 0.3) is 17.4 Å². The van der Waals surface area contributed by atoms with Crippen LogP contribution in [-0.2, 0) is 15.7 Å². The van der Waals surface area contributed by atoms with Crippen molar-refractivity contribution in [2.24, 2.45) is 4.99 Å². The van der Waals surface area contributed by atoms with E-state index >= 15 is 0 Å². The quantitative estimate of drug-likeness (QED) is 0.250. The lowest BCUT2D eigenvalue weighted by molar-refractivity contribution is -0.139. The Kier molecular flexibility index (Phi) is 6.85. The van der Waals surface area contributed by atoms with Crippen molar-refractivity contribution in [3.63, 3.8) is 0 Å². The molecule has 0 radical (unpaired) electrons. The van der Waals surface area contributed by atoms with Gasteiger partial charge >= 0.3 is 12.1 Å². The number of carbonyl (C=O) groups is 1. The lowest BCUT2D eigenvalue weighted by Gasteiger charge is -2.24. The van der Waals surface area contributed by atoms with Gasteiger partial charge in [0.25, 0.3) is 5.56 Å². The van der Waals surface area contributed by atoms with Crippen molar-refractivity contribution in [1.82, 2.24) is 4.57 Å². The zero-order valence-corrected chi connectivity index (χ0v) is 21.4. The normalized spacial score (nSPS) is 15.7. The number of benzene rings is 2. The standard InChI is InChI=1S/C28H20F4N2O4S/c1-3-37-26(36)23-15(2)33-27-34(24(23)16-7-9-19(29)10-8-16)25(35)22(39-27)14-20-11-12-21(38-20)17-5-4-6-18(13-17)28(30,31)32/h4-14,24H,3H2,1-2H3/b22-14-/t24-/m1/s1. The third-order valence-corrected chi connectivity index (χ3v) is 7.06. The van der Waals surface area contributed by atoms with E-state index in [1.807, 2.05) is 0 Å². The minimum Gasteiger partial charge on any atom is -0.463 e. The second kappa shape index (κ2) is 10.1. The summed E-state index contributed by atoms with van der Waals surface area (Å²) in [5, 5.41) is 0. The van der Waals surface area contributed by atoms with Gasteiger partial charge in [-0.25, -0.2) is 14.2 Å². The molecular weight excluding hydrogens is 536 g/mol. The van der Waals surface area contributed by atoms with Crippen molar-refractivity contribution in [2.75, 3.05) is 6.61 Å². The summed E-state index contributed by atoms with van der Waals surface area (Å²) in [5.74, 6) is -0.671. The van der Waals surface area contributed by atoms with Crippen molar-refractivity contribution < 1.29 is 31.5 Å². The maximum absolute atomic E-state index is 13.7. The molecule has 0 spiro atoms. The highest BCUT2D eigenvalue weighted by Crippen LogP contribution is 2.33. The summed E-state index contributed by atoms with van der Waals surface area (Å²) in [6.45, 7) is 3.41. The number of halogens is 4. The van der Waals surface area contributed by atoms with Crippen molar-refractivity contribution in [3.8, 4) is 11.3 Å². The smallest absolute Gasteiger partial charge is 0.416 e. The van der Waals surface area contributed by atoms with Crippen LogP contribution in [0.3, 0.4) is 0 Å². The Bertz CT molecular complexity index is 1780. The number of rotatable bonds is 5. The third-order valence-electron chi connectivity index (χ3n) is 6.08. The molecule has 4 aromatic rings. The molecule has 0 unspecified atom stereocenters. The molecule has 2 aromatic carbocycles. The van der Waals surface area contributed by atoms with Crippen molar-refractivity contribution in [3.05, 3.63) is 114 Å². The predicted molar refractivity (Wildman–Crippen MR) is 136 cm³/mol. The fourth-order valence-corrected chi connectivity index (χ4v) is 5.34. The second-order valence-electron chi connectivity index (χ2n) is 8.63. The van der Waals surface area contributed by atoms with Crippen LogP contribution in [0.2, 0.25) is 0 Å². The second-order valence-corrected chi connectivity index (χ2v) is 9.64. The molecule has 0 saturated heterocycles. The molecule has 0 fully saturated rings. The minimum atomic E-state index is -4.50. The van der Waals surface area contributed by atoms with Crippen LogP contribution < -0.4 is 14.9 Å². The fraction of sp³-hybridized carbons (Fsp3) is 0.179. The van der Waals surface area contributed by atoms with E-state index in [9.17, 15) is 27.2 Å². The molecule has 1 aliphatic rings. The van der Waals surface area contributed by atoms with Crippen LogP contribution in [0.15, 0.2) is 86.1 Å². The number of fused-ring (bicyclic) bond motifs is 1. The SMILES string of the molecule is CCOC(=O)C1=C(C)N=c2s/c(=C\c3ccc(-c4cccc(C(F)(F)F)c4)o3)c(=O)n2[C@@H]1c1ccc(F)cc1. The Morgan fingerprint density at radius 1 is 1.15 bits per heavy atom. The molecular formula is C28H20F4N2O4S. The van der Waals surface area contributed by atoms with E-state index in [1.54, 1.807) is 19.9 Å². The van der Waals surface area contributed by atoms with E-state index in [-0.39, 0.29) is 33.8 Å². The van der Waals surface area contributed by atoms with E-state index in [0.717, 1.165) is 23.5 Å². The number of allylic oxidation sites excluding steroid dienone is 1. The molecule has 1 aliphatic heterocycles. The van der Waals surface area contributed by atoms with E-state index in [4.69, 9.17) is 9.15 Å². The molecule has 39 heavy (non-hydrogen) atoms. The Hall–Kier alpha value is -4.25. The van der Waals surface area contributed by atoms with Crippen LogP contribution >= 0.6 is 11.3 Å². The van der Waals surface area contributed by atoms with Gasteiger partial charge in [0, 0.05) is 11.6 Å². The van der Waals surface area contributed by atoms with Crippen LogP contribution in [-0.4, -0.2) is 17.1 Å². The zero-order chi connectivity index (χ0) is 27.9. The first-order valence-corrected chi connectivity index (χ1v) is 12.6. The van der Waals surface area contributed by atoms with Crippen LogP contribution in [0.1, 0.15) is 36.8 Å². The average Bonchev–Trinajstić information content (AvgIpc) is 3.48. The monoisotopic (exact) mass is 556 g/mol. The molecule has 2 aromatic heterocycles. The molecule has 0 aliphatic carbocycles. The van der Waals surface area contributed by atoms with Gasteiger partial charge in [-0.3, -0.25) is 9.36 Å². The van der Waals surface area contributed by atoms with Gasteiger partial charge in [0.2, 0.25) is 0 Å². The summed E-state index contributed by atoms with van der Waals surface area (Å²) in [6, 6.07) is 12.3. The first kappa shape index (κ1) is 26.4.